The number of anilines is 1. The van der Waals surface area contributed by atoms with Crippen LogP contribution in [0.25, 0.3) is 0 Å². The molecule has 4 heteroatoms. The van der Waals surface area contributed by atoms with Crippen LogP contribution in [0.1, 0.15) is 25.3 Å². The molecule has 0 atom stereocenters. The number of benzene rings is 1. The third kappa shape index (κ3) is 3.35. The molecule has 1 aliphatic rings. The summed E-state index contributed by atoms with van der Waals surface area (Å²) in [6, 6.07) is 5.63. The second-order valence-electron chi connectivity index (χ2n) is 5.12. The van der Waals surface area contributed by atoms with Crippen LogP contribution in [0.3, 0.4) is 0 Å². The van der Waals surface area contributed by atoms with Crippen molar-refractivity contribution < 1.29 is 5.11 Å². The lowest BCUT2D eigenvalue weighted by Gasteiger charge is -2.35. The van der Waals surface area contributed by atoms with Gasteiger partial charge >= 0.3 is 0 Å². The van der Waals surface area contributed by atoms with Crippen LogP contribution >= 0.6 is 11.6 Å². The summed E-state index contributed by atoms with van der Waals surface area (Å²) in [5.41, 5.74) is 7.29. The summed E-state index contributed by atoms with van der Waals surface area (Å²) < 4.78 is 0. The Morgan fingerprint density at radius 3 is 2.65 bits per heavy atom. The van der Waals surface area contributed by atoms with Crippen molar-refractivity contribution in [1.29, 1.82) is 0 Å². The number of nitrogen functional groups attached to an aromatic ring is 1. The first-order valence-electron chi connectivity index (χ1n) is 5.95. The number of piperidine rings is 1. The smallest absolute Gasteiger partial charge is 0.0644 e. The second kappa shape index (κ2) is 4.84. The monoisotopic (exact) mass is 254 g/mol. The van der Waals surface area contributed by atoms with Gasteiger partial charge in [-0.05, 0) is 37.5 Å². The minimum Gasteiger partial charge on any atom is -0.398 e. The molecule has 1 aromatic carbocycles. The molecule has 3 N–H and O–H groups in total. The number of hydrogen-bond donors (Lipinski definition) is 2. The van der Waals surface area contributed by atoms with Gasteiger partial charge in [-0.1, -0.05) is 17.7 Å². The molecule has 0 aliphatic carbocycles. The molecule has 17 heavy (non-hydrogen) atoms. The zero-order valence-corrected chi connectivity index (χ0v) is 10.9. The normalized spacial score (nSPS) is 20.4. The third-order valence-corrected chi connectivity index (χ3v) is 3.67. The highest BCUT2D eigenvalue weighted by Gasteiger charge is 2.27. The molecule has 0 radical (unpaired) electrons. The van der Waals surface area contributed by atoms with Crippen molar-refractivity contribution in [3.05, 3.63) is 28.8 Å². The van der Waals surface area contributed by atoms with E-state index < -0.39 is 5.60 Å². The average molecular weight is 255 g/mol. The fraction of sp³-hybridized carbons (Fsp3) is 0.538. The Labute approximate surface area is 107 Å². The summed E-state index contributed by atoms with van der Waals surface area (Å²) in [7, 11) is 0. The minimum atomic E-state index is -0.498. The molecule has 1 fully saturated rings. The number of likely N-dealkylation sites (tertiary alicyclic amines) is 1. The van der Waals surface area contributed by atoms with Gasteiger partial charge in [0.15, 0.2) is 0 Å². The van der Waals surface area contributed by atoms with Crippen molar-refractivity contribution in [2.24, 2.45) is 0 Å². The van der Waals surface area contributed by atoms with E-state index >= 15 is 0 Å². The van der Waals surface area contributed by atoms with E-state index in [1.54, 1.807) is 6.07 Å². The number of aliphatic hydroxyl groups is 1. The van der Waals surface area contributed by atoms with Crippen LogP contribution < -0.4 is 5.73 Å². The van der Waals surface area contributed by atoms with Gasteiger partial charge in [-0.25, -0.2) is 0 Å². The average Bonchev–Trinajstić information content (AvgIpc) is 2.25. The van der Waals surface area contributed by atoms with Crippen molar-refractivity contribution >= 4 is 17.3 Å². The first-order chi connectivity index (χ1) is 7.96. The fourth-order valence-electron chi connectivity index (χ4n) is 2.14. The summed E-state index contributed by atoms with van der Waals surface area (Å²) >= 11 is 5.87. The Bertz CT molecular complexity index is 396. The molecule has 0 bridgehead atoms. The maximum atomic E-state index is 9.88. The highest BCUT2D eigenvalue weighted by molar-refractivity contribution is 6.30. The number of halogens is 1. The summed E-state index contributed by atoms with van der Waals surface area (Å²) in [4.78, 5) is 2.32. The van der Waals surface area contributed by atoms with Crippen LogP contribution in [-0.4, -0.2) is 28.7 Å². The summed E-state index contributed by atoms with van der Waals surface area (Å²) in [5.74, 6) is 0. The standard InChI is InChI=1S/C13H19ClN2O/c1-13(17)4-6-16(7-5-13)9-10-2-3-11(14)8-12(10)15/h2-3,8,17H,4-7,9,15H2,1H3. The van der Waals surface area contributed by atoms with Gasteiger partial charge in [0, 0.05) is 30.3 Å². The van der Waals surface area contributed by atoms with Crippen LogP contribution in [0.2, 0.25) is 5.02 Å². The lowest BCUT2D eigenvalue weighted by Crippen LogP contribution is -2.42. The van der Waals surface area contributed by atoms with E-state index in [4.69, 9.17) is 17.3 Å². The predicted molar refractivity (Wildman–Crippen MR) is 71.0 cm³/mol. The van der Waals surface area contributed by atoms with E-state index in [-0.39, 0.29) is 0 Å². The molecule has 94 valence electrons. The lowest BCUT2D eigenvalue weighted by atomic mass is 9.93. The van der Waals surface area contributed by atoms with Gasteiger partial charge in [0.05, 0.1) is 5.60 Å². The molecule has 1 aliphatic heterocycles. The molecular formula is C13H19ClN2O. The number of nitrogens with zero attached hydrogens (tertiary/aromatic N) is 1. The number of hydrogen-bond acceptors (Lipinski definition) is 3. The SMILES string of the molecule is CC1(O)CCN(Cc2ccc(Cl)cc2N)CC1. The first kappa shape index (κ1) is 12.7. The van der Waals surface area contributed by atoms with Crippen LogP contribution in [0.15, 0.2) is 18.2 Å². The van der Waals surface area contributed by atoms with E-state index in [0.29, 0.717) is 5.02 Å². The van der Waals surface area contributed by atoms with E-state index in [1.165, 1.54) is 0 Å². The summed E-state index contributed by atoms with van der Waals surface area (Å²) in [6.45, 7) is 4.56. The Morgan fingerprint density at radius 2 is 2.06 bits per heavy atom. The van der Waals surface area contributed by atoms with Gasteiger partial charge in [-0.3, -0.25) is 4.90 Å². The molecule has 2 rings (SSSR count). The summed E-state index contributed by atoms with van der Waals surface area (Å²) in [5, 5.41) is 10.6. The topological polar surface area (TPSA) is 49.5 Å². The summed E-state index contributed by atoms with van der Waals surface area (Å²) in [6.07, 6.45) is 1.64. The molecule has 0 saturated carbocycles. The predicted octanol–water partition coefficient (Wildman–Crippen LogP) is 2.27. The highest BCUT2D eigenvalue weighted by atomic mass is 35.5. The molecule has 1 aromatic rings. The fourth-order valence-corrected chi connectivity index (χ4v) is 2.32. The third-order valence-electron chi connectivity index (χ3n) is 3.44. The van der Waals surface area contributed by atoms with Crippen molar-refractivity contribution in [3.63, 3.8) is 0 Å². The maximum absolute atomic E-state index is 9.88. The van der Waals surface area contributed by atoms with Crippen LogP contribution in [0.4, 0.5) is 5.69 Å². The van der Waals surface area contributed by atoms with Gasteiger partial charge in [0.25, 0.3) is 0 Å². The number of rotatable bonds is 2. The number of nitrogens with two attached hydrogens (primary N) is 1. The molecule has 3 nitrogen and oxygen atoms in total. The zero-order valence-electron chi connectivity index (χ0n) is 10.1. The van der Waals surface area contributed by atoms with Crippen molar-refractivity contribution in [1.82, 2.24) is 4.90 Å². The van der Waals surface area contributed by atoms with Gasteiger partial charge < -0.3 is 10.8 Å². The van der Waals surface area contributed by atoms with Crippen molar-refractivity contribution in [3.8, 4) is 0 Å². The van der Waals surface area contributed by atoms with Crippen LogP contribution in [0.5, 0.6) is 0 Å². The quantitative estimate of drug-likeness (QED) is 0.796. The molecule has 1 saturated heterocycles. The molecule has 0 aromatic heterocycles. The Kier molecular flexibility index (Phi) is 3.61. The van der Waals surface area contributed by atoms with E-state index in [1.807, 2.05) is 19.1 Å². The Morgan fingerprint density at radius 1 is 1.41 bits per heavy atom. The Hall–Kier alpha value is -0.770. The minimum absolute atomic E-state index is 0.498. The van der Waals surface area contributed by atoms with E-state index in [2.05, 4.69) is 4.90 Å². The van der Waals surface area contributed by atoms with Gasteiger partial charge in [0.2, 0.25) is 0 Å². The first-order valence-corrected chi connectivity index (χ1v) is 6.33. The van der Waals surface area contributed by atoms with Gasteiger partial charge in [0.1, 0.15) is 0 Å². The zero-order chi connectivity index (χ0) is 12.5. The molecule has 0 spiro atoms. The van der Waals surface area contributed by atoms with Crippen molar-refractivity contribution in [2.75, 3.05) is 18.8 Å². The Balaban J connectivity index is 1.98. The lowest BCUT2D eigenvalue weighted by molar-refractivity contribution is -0.00724. The van der Waals surface area contributed by atoms with Crippen LogP contribution in [0, 0.1) is 0 Å². The largest absolute Gasteiger partial charge is 0.398 e. The van der Waals surface area contributed by atoms with Crippen molar-refractivity contribution in [2.45, 2.75) is 31.9 Å². The molecule has 1 heterocycles. The van der Waals surface area contributed by atoms with Crippen LogP contribution in [-0.2, 0) is 6.54 Å². The molecule has 0 amide bonds. The second-order valence-corrected chi connectivity index (χ2v) is 5.55. The van der Waals surface area contributed by atoms with E-state index in [0.717, 1.165) is 43.7 Å². The van der Waals surface area contributed by atoms with E-state index in [9.17, 15) is 5.11 Å². The molecule has 0 unspecified atom stereocenters. The van der Waals surface area contributed by atoms with Gasteiger partial charge in [-0.15, -0.1) is 0 Å². The maximum Gasteiger partial charge on any atom is 0.0644 e. The highest BCUT2D eigenvalue weighted by Crippen LogP contribution is 2.24. The molecular weight excluding hydrogens is 236 g/mol. The van der Waals surface area contributed by atoms with Gasteiger partial charge in [-0.2, -0.15) is 0 Å².